The SMILES string of the molecule is N#Cc1cc(F)c(N2CC(O)CC2C(=O)O)c(F)c1. The number of rotatable bonds is 2. The Morgan fingerprint density at radius 1 is 1.42 bits per heavy atom. The van der Waals surface area contributed by atoms with Crippen molar-refractivity contribution in [2.45, 2.75) is 18.6 Å². The molecule has 2 atom stereocenters. The Hall–Kier alpha value is -2.20. The smallest absolute Gasteiger partial charge is 0.326 e. The van der Waals surface area contributed by atoms with Gasteiger partial charge in [0.2, 0.25) is 0 Å². The summed E-state index contributed by atoms with van der Waals surface area (Å²) in [6.45, 7) is -0.170. The first-order valence-corrected chi connectivity index (χ1v) is 5.50. The molecular weight excluding hydrogens is 258 g/mol. The molecule has 0 spiro atoms. The molecule has 2 rings (SSSR count). The van der Waals surface area contributed by atoms with E-state index in [-0.39, 0.29) is 18.5 Å². The van der Waals surface area contributed by atoms with Crippen LogP contribution in [0.5, 0.6) is 0 Å². The molecule has 0 bridgehead atoms. The second kappa shape index (κ2) is 4.82. The van der Waals surface area contributed by atoms with Gasteiger partial charge in [-0.25, -0.2) is 13.6 Å². The summed E-state index contributed by atoms with van der Waals surface area (Å²) < 4.78 is 27.6. The molecule has 7 heteroatoms. The fraction of sp³-hybridized carbons (Fsp3) is 0.333. The van der Waals surface area contributed by atoms with Gasteiger partial charge in [0.15, 0.2) is 11.6 Å². The molecule has 2 unspecified atom stereocenters. The number of carboxylic acids is 1. The fourth-order valence-corrected chi connectivity index (χ4v) is 2.20. The maximum Gasteiger partial charge on any atom is 0.326 e. The van der Waals surface area contributed by atoms with E-state index in [9.17, 15) is 18.7 Å². The van der Waals surface area contributed by atoms with Gasteiger partial charge in [-0.1, -0.05) is 0 Å². The van der Waals surface area contributed by atoms with Gasteiger partial charge in [0.1, 0.15) is 11.7 Å². The first-order valence-electron chi connectivity index (χ1n) is 5.50. The number of carbonyl (C=O) groups is 1. The molecule has 0 aliphatic carbocycles. The normalized spacial score (nSPS) is 22.3. The Morgan fingerprint density at radius 3 is 2.47 bits per heavy atom. The Balaban J connectivity index is 2.47. The highest BCUT2D eigenvalue weighted by Gasteiger charge is 2.38. The van der Waals surface area contributed by atoms with Crippen LogP contribution >= 0.6 is 0 Å². The minimum absolute atomic E-state index is 0.103. The van der Waals surface area contributed by atoms with Crippen LogP contribution in [0.2, 0.25) is 0 Å². The molecule has 0 radical (unpaired) electrons. The topological polar surface area (TPSA) is 84.6 Å². The Morgan fingerprint density at radius 2 is 2.00 bits per heavy atom. The molecule has 0 saturated carbocycles. The van der Waals surface area contributed by atoms with E-state index in [1.807, 2.05) is 0 Å². The molecule has 1 aromatic rings. The molecule has 1 heterocycles. The molecule has 1 aliphatic heterocycles. The third-order valence-electron chi connectivity index (χ3n) is 3.00. The maximum atomic E-state index is 13.8. The molecule has 1 aliphatic rings. The summed E-state index contributed by atoms with van der Waals surface area (Å²) in [4.78, 5) is 12.0. The van der Waals surface area contributed by atoms with Crippen LogP contribution in [0.1, 0.15) is 12.0 Å². The summed E-state index contributed by atoms with van der Waals surface area (Å²) in [6, 6.07) is 2.09. The monoisotopic (exact) mass is 268 g/mol. The Bertz CT molecular complexity index is 548. The average Bonchev–Trinajstić information content (AvgIpc) is 2.70. The zero-order valence-corrected chi connectivity index (χ0v) is 9.68. The second-order valence-corrected chi connectivity index (χ2v) is 4.30. The minimum Gasteiger partial charge on any atom is -0.480 e. The molecule has 100 valence electrons. The molecule has 0 amide bonds. The molecule has 1 aromatic carbocycles. The number of nitrogens with zero attached hydrogens (tertiary/aromatic N) is 2. The van der Waals surface area contributed by atoms with Crippen LogP contribution < -0.4 is 4.90 Å². The molecule has 5 nitrogen and oxygen atoms in total. The summed E-state index contributed by atoms with van der Waals surface area (Å²) in [7, 11) is 0. The van der Waals surface area contributed by atoms with Crippen LogP contribution in [-0.2, 0) is 4.79 Å². The van der Waals surface area contributed by atoms with Crippen molar-refractivity contribution in [1.29, 1.82) is 5.26 Å². The summed E-state index contributed by atoms with van der Waals surface area (Å²) in [5.74, 6) is -3.30. The maximum absolute atomic E-state index is 13.8. The number of aliphatic hydroxyl groups excluding tert-OH is 1. The molecule has 1 saturated heterocycles. The highest BCUT2D eigenvalue weighted by Crippen LogP contribution is 2.31. The summed E-state index contributed by atoms with van der Waals surface area (Å²) in [5, 5.41) is 27.0. The lowest BCUT2D eigenvalue weighted by Crippen LogP contribution is -2.37. The van der Waals surface area contributed by atoms with Gasteiger partial charge in [-0.2, -0.15) is 5.26 Å². The van der Waals surface area contributed by atoms with Crippen LogP contribution in [0.4, 0.5) is 14.5 Å². The lowest BCUT2D eigenvalue weighted by Gasteiger charge is -2.24. The third-order valence-corrected chi connectivity index (χ3v) is 3.00. The van der Waals surface area contributed by atoms with E-state index in [2.05, 4.69) is 0 Å². The van der Waals surface area contributed by atoms with Crippen molar-refractivity contribution >= 4 is 11.7 Å². The number of anilines is 1. The highest BCUT2D eigenvalue weighted by molar-refractivity contribution is 5.79. The Kier molecular flexibility index (Phi) is 3.36. The molecule has 1 fully saturated rings. The molecule has 2 N–H and O–H groups in total. The molecule has 0 aromatic heterocycles. The lowest BCUT2D eigenvalue weighted by atomic mass is 10.1. The van der Waals surface area contributed by atoms with Gasteiger partial charge in [-0.05, 0) is 12.1 Å². The van der Waals surface area contributed by atoms with E-state index in [0.717, 1.165) is 17.0 Å². The second-order valence-electron chi connectivity index (χ2n) is 4.30. The standard InChI is InChI=1S/C12H10F2N2O3/c13-8-1-6(4-15)2-9(14)11(8)16-5-7(17)3-10(16)12(18)19/h1-2,7,10,17H,3,5H2,(H,18,19). The number of hydrogen-bond acceptors (Lipinski definition) is 4. The van der Waals surface area contributed by atoms with Crippen molar-refractivity contribution in [3.63, 3.8) is 0 Å². The predicted molar refractivity (Wildman–Crippen MR) is 60.5 cm³/mol. The average molecular weight is 268 g/mol. The van der Waals surface area contributed by atoms with Crippen molar-refractivity contribution < 1.29 is 23.8 Å². The van der Waals surface area contributed by atoms with Gasteiger partial charge < -0.3 is 15.1 Å². The van der Waals surface area contributed by atoms with E-state index in [1.165, 1.54) is 0 Å². The van der Waals surface area contributed by atoms with Gasteiger partial charge in [0, 0.05) is 13.0 Å². The van der Waals surface area contributed by atoms with Gasteiger partial charge in [-0.3, -0.25) is 0 Å². The number of hydrogen-bond donors (Lipinski definition) is 2. The van der Waals surface area contributed by atoms with E-state index in [1.54, 1.807) is 6.07 Å². The van der Waals surface area contributed by atoms with Gasteiger partial charge in [-0.15, -0.1) is 0 Å². The van der Waals surface area contributed by atoms with E-state index < -0.39 is 35.4 Å². The van der Waals surface area contributed by atoms with Gasteiger partial charge >= 0.3 is 5.97 Å². The van der Waals surface area contributed by atoms with Crippen LogP contribution in [0.15, 0.2) is 12.1 Å². The first-order chi connectivity index (χ1) is 8.93. The lowest BCUT2D eigenvalue weighted by molar-refractivity contribution is -0.138. The first kappa shape index (κ1) is 13.2. The van der Waals surface area contributed by atoms with E-state index >= 15 is 0 Å². The fourth-order valence-electron chi connectivity index (χ4n) is 2.20. The number of β-amino-alcohol motifs (C(OH)–C–C–N with tert-alkyl or cyclic N) is 1. The summed E-state index contributed by atoms with van der Waals surface area (Å²) in [6.07, 6.45) is -1.07. The Labute approximate surface area is 107 Å². The zero-order valence-electron chi connectivity index (χ0n) is 9.68. The number of aliphatic carboxylic acids is 1. The van der Waals surface area contributed by atoms with Crippen molar-refractivity contribution in [3.8, 4) is 6.07 Å². The van der Waals surface area contributed by atoms with Crippen LogP contribution in [-0.4, -0.2) is 34.9 Å². The largest absolute Gasteiger partial charge is 0.480 e. The van der Waals surface area contributed by atoms with E-state index in [4.69, 9.17) is 10.4 Å². The number of halogens is 2. The number of aliphatic hydroxyl groups is 1. The van der Waals surface area contributed by atoms with Crippen LogP contribution in [0.25, 0.3) is 0 Å². The van der Waals surface area contributed by atoms with Crippen molar-refractivity contribution in [2.24, 2.45) is 0 Å². The van der Waals surface area contributed by atoms with Crippen LogP contribution in [0, 0.1) is 23.0 Å². The highest BCUT2D eigenvalue weighted by atomic mass is 19.1. The van der Waals surface area contributed by atoms with E-state index in [0.29, 0.717) is 0 Å². The number of carboxylic acid groups (broad SMARTS) is 1. The summed E-state index contributed by atoms with van der Waals surface area (Å²) >= 11 is 0. The van der Waals surface area contributed by atoms with Crippen molar-refractivity contribution in [1.82, 2.24) is 0 Å². The number of nitriles is 1. The quantitative estimate of drug-likeness (QED) is 0.831. The minimum atomic E-state index is -1.26. The van der Waals surface area contributed by atoms with Gasteiger partial charge in [0.25, 0.3) is 0 Å². The van der Waals surface area contributed by atoms with Crippen molar-refractivity contribution in [3.05, 3.63) is 29.3 Å². The zero-order chi connectivity index (χ0) is 14.2. The van der Waals surface area contributed by atoms with Crippen molar-refractivity contribution in [2.75, 3.05) is 11.4 Å². The van der Waals surface area contributed by atoms with Crippen LogP contribution in [0.3, 0.4) is 0 Å². The summed E-state index contributed by atoms with van der Waals surface area (Å²) in [5.41, 5.74) is -0.715. The number of benzene rings is 1. The molecular formula is C12H10F2N2O3. The molecule has 19 heavy (non-hydrogen) atoms. The third kappa shape index (κ3) is 2.35. The predicted octanol–water partition coefficient (Wildman–Crippen LogP) is 0.861. The van der Waals surface area contributed by atoms with Gasteiger partial charge in [0.05, 0.1) is 17.7 Å².